The van der Waals surface area contributed by atoms with Crippen LogP contribution in [0.15, 0.2) is 243 Å². The van der Waals surface area contributed by atoms with Gasteiger partial charge in [-0.15, -0.1) is 0 Å². The fourth-order valence-electron chi connectivity index (χ4n) is 10.2. The normalized spacial score (nSPS) is 12.6. The predicted octanol–water partition coefficient (Wildman–Crippen LogP) is 15.5. The summed E-state index contributed by atoms with van der Waals surface area (Å²) in [5.41, 5.74) is 16.6. The zero-order valence-corrected chi connectivity index (χ0v) is 34.5. The van der Waals surface area contributed by atoms with Gasteiger partial charge in [0.25, 0.3) is 0 Å². The average molecular weight is 801 g/mol. The first-order valence-corrected chi connectivity index (χ1v) is 21.7. The molecule has 0 saturated carbocycles. The van der Waals surface area contributed by atoms with Gasteiger partial charge in [-0.25, -0.2) is 9.97 Å². The van der Waals surface area contributed by atoms with Crippen molar-refractivity contribution in [2.45, 2.75) is 5.41 Å². The van der Waals surface area contributed by atoms with Crippen LogP contribution in [0, 0.1) is 0 Å². The number of benzene rings is 10. The molecule has 10 aromatic carbocycles. The predicted molar refractivity (Wildman–Crippen MR) is 262 cm³/mol. The van der Waals surface area contributed by atoms with Gasteiger partial charge in [0.1, 0.15) is 0 Å². The van der Waals surface area contributed by atoms with Crippen molar-refractivity contribution in [1.82, 2.24) is 9.97 Å². The van der Waals surface area contributed by atoms with Crippen LogP contribution in [-0.2, 0) is 5.41 Å². The highest BCUT2D eigenvalue weighted by Gasteiger charge is 2.48. The SMILES string of the molecule is c1ccc(-c2cccc(-c3cc(-c4ccccc4)nc(-c4ccc(-c5cccc6c5C(c5ccccc5)(c5ccccc5)c5c-6ccc6ccccc56)c5ccccc45)n3)c2)cc1. The third-order valence-corrected chi connectivity index (χ3v) is 13.0. The Bertz CT molecular complexity index is 3450. The van der Waals surface area contributed by atoms with Crippen molar-refractivity contribution in [1.29, 1.82) is 0 Å². The fourth-order valence-corrected chi connectivity index (χ4v) is 10.2. The molecule has 11 aromatic rings. The fraction of sp³-hybridized carbons (Fsp3) is 0.0164. The van der Waals surface area contributed by atoms with E-state index in [9.17, 15) is 0 Å². The molecule has 0 fully saturated rings. The van der Waals surface area contributed by atoms with Crippen LogP contribution in [0.3, 0.4) is 0 Å². The molecule has 2 nitrogen and oxygen atoms in total. The Morgan fingerprint density at radius 3 is 1.41 bits per heavy atom. The average Bonchev–Trinajstić information content (AvgIpc) is 3.69. The van der Waals surface area contributed by atoms with Crippen LogP contribution < -0.4 is 0 Å². The number of hydrogen-bond acceptors (Lipinski definition) is 2. The molecule has 0 spiro atoms. The molecule has 0 amide bonds. The van der Waals surface area contributed by atoms with Gasteiger partial charge in [-0.3, -0.25) is 0 Å². The quantitative estimate of drug-likeness (QED) is 0.160. The molecule has 1 aliphatic rings. The van der Waals surface area contributed by atoms with Gasteiger partial charge in [0.05, 0.1) is 16.8 Å². The largest absolute Gasteiger partial charge is 0.228 e. The first-order valence-electron chi connectivity index (χ1n) is 21.7. The molecule has 0 radical (unpaired) electrons. The summed E-state index contributed by atoms with van der Waals surface area (Å²) in [6, 6.07) is 87.8. The van der Waals surface area contributed by atoms with E-state index < -0.39 is 5.41 Å². The third kappa shape index (κ3) is 5.95. The van der Waals surface area contributed by atoms with Crippen molar-refractivity contribution in [3.63, 3.8) is 0 Å². The number of rotatable bonds is 7. The standard InChI is InChI=1S/C61H40N2/c1-5-19-41(20-6-1)44-24-17-25-45(39-44)57-40-56(43-22-7-2-8-23-43)62-60(63-57)55-38-37-51(49-31-15-16-32-50(49)55)52-33-18-34-53-54-36-35-42-21-13-14-30-48(42)58(54)61(59(52)53,46-26-9-3-10-27-46)47-28-11-4-12-29-47/h1-40H. The summed E-state index contributed by atoms with van der Waals surface area (Å²) in [6.07, 6.45) is 0. The Kier molecular flexibility index (Phi) is 8.76. The summed E-state index contributed by atoms with van der Waals surface area (Å²) in [6.45, 7) is 0. The van der Waals surface area contributed by atoms with E-state index in [2.05, 4.69) is 237 Å². The molecule has 0 bridgehead atoms. The monoisotopic (exact) mass is 800 g/mol. The van der Waals surface area contributed by atoms with Crippen LogP contribution in [0.1, 0.15) is 22.3 Å². The molecule has 294 valence electrons. The molecular weight excluding hydrogens is 761 g/mol. The second kappa shape index (κ2) is 15.1. The molecule has 1 aliphatic carbocycles. The maximum Gasteiger partial charge on any atom is 0.161 e. The first kappa shape index (κ1) is 36.6. The minimum atomic E-state index is -0.596. The Labute approximate surface area is 367 Å². The van der Waals surface area contributed by atoms with Crippen LogP contribution in [0.5, 0.6) is 0 Å². The lowest BCUT2D eigenvalue weighted by atomic mass is 9.65. The lowest BCUT2D eigenvalue weighted by molar-refractivity contribution is 0.777. The van der Waals surface area contributed by atoms with E-state index in [0.717, 1.165) is 44.4 Å². The second-order valence-electron chi connectivity index (χ2n) is 16.4. The first-order chi connectivity index (χ1) is 31.3. The van der Waals surface area contributed by atoms with E-state index in [0.29, 0.717) is 5.82 Å². The summed E-state index contributed by atoms with van der Waals surface area (Å²) in [7, 11) is 0. The van der Waals surface area contributed by atoms with Gasteiger partial charge in [-0.2, -0.15) is 0 Å². The third-order valence-electron chi connectivity index (χ3n) is 13.0. The molecular formula is C61H40N2. The summed E-state index contributed by atoms with van der Waals surface area (Å²) < 4.78 is 0. The van der Waals surface area contributed by atoms with Gasteiger partial charge in [0.15, 0.2) is 5.82 Å². The number of nitrogens with zero attached hydrogens (tertiary/aromatic N) is 2. The van der Waals surface area contributed by atoms with Crippen LogP contribution in [0.2, 0.25) is 0 Å². The van der Waals surface area contributed by atoms with E-state index >= 15 is 0 Å². The van der Waals surface area contributed by atoms with Crippen molar-refractivity contribution in [2.75, 3.05) is 0 Å². The molecule has 12 rings (SSSR count). The van der Waals surface area contributed by atoms with Gasteiger partial charge in [0.2, 0.25) is 0 Å². The Morgan fingerprint density at radius 2 is 0.730 bits per heavy atom. The van der Waals surface area contributed by atoms with Crippen molar-refractivity contribution in [2.24, 2.45) is 0 Å². The lowest BCUT2D eigenvalue weighted by Gasteiger charge is -2.36. The molecule has 1 heterocycles. The zero-order valence-electron chi connectivity index (χ0n) is 34.5. The van der Waals surface area contributed by atoms with E-state index in [1.54, 1.807) is 0 Å². The highest BCUT2D eigenvalue weighted by molar-refractivity contribution is 6.08. The van der Waals surface area contributed by atoms with E-state index in [1.807, 2.05) is 6.07 Å². The molecule has 1 aromatic heterocycles. The molecule has 0 unspecified atom stereocenters. The lowest BCUT2D eigenvalue weighted by Crippen LogP contribution is -2.29. The summed E-state index contributed by atoms with van der Waals surface area (Å²) >= 11 is 0. The second-order valence-corrected chi connectivity index (χ2v) is 16.4. The maximum absolute atomic E-state index is 5.39. The van der Waals surface area contributed by atoms with Gasteiger partial charge in [-0.05, 0) is 95.4 Å². The molecule has 0 saturated heterocycles. The number of hydrogen-bond donors (Lipinski definition) is 0. The van der Waals surface area contributed by atoms with Crippen LogP contribution in [0.25, 0.3) is 88.8 Å². The molecule has 0 N–H and O–H groups in total. The molecule has 63 heavy (non-hydrogen) atoms. The summed E-state index contributed by atoms with van der Waals surface area (Å²) in [5, 5.41) is 4.76. The Hall–Kier alpha value is -8.20. The van der Waals surface area contributed by atoms with Crippen LogP contribution in [-0.4, -0.2) is 9.97 Å². The van der Waals surface area contributed by atoms with Gasteiger partial charge in [0, 0.05) is 16.7 Å². The van der Waals surface area contributed by atoms with Crippen LogP contribution >= 0.6 is 0 Å². The highest BCUT2D eigenvalue weighted by atomic mass is 14.9. The van der Waals surface area contributed by atoms with Crippen molar-refractivity contribution in [3.8, 4) is 67.3 Å². The minimum Gasteiger partial charge on any atom is -0.228 e. The van der Waals surface area contributed by atoms with Gasteiger partial charge in [-0.1, -0.05) is 224 Å². The molecule has 0 atom stereocenters. The summed E-state index contributed by atoms with van der Waals surface area (Å²) in [5.74, 6) is 0.694. The zero-order chi connectivity index (χ0) is 41.7. The highest BCUT2D eigenvalue weighted by Crippen LogP contribution is 2.60. The Balaban J connectivity index is 1.11. The maximum atomic E-state index is 5.39. The van der Waals surface area contributed by atoms with Crippen molar-refractivity contribution in [3.05, 3.63) is 265 Å². The van der Waals surface area contributed by atoms with Crippen molar-refractivity contribution >= 4 is 21.5 Å². The van der Waals surface area contributed by atoms with E-state index in [4.69, 9.17) is 9.97 Å². The number of fused-ring (bicyclic) bond motifs is 6. The number of aromatic nitrogens is 2. The topological polar surface area (TPSA) is 25.8 Å². The molecule has 0 aliphatic heterocycles. The van der Waals surface area contributed by atoms with E-state index in [-0.39, 0.29) is 0 Å². The van der Waals surface area contributed by atoms with Crippen LogP contribution in [0.4, 0.5) is 0 Å². The van der Waals surface area contributed by atoms with Crippen molar-refractivity contribution < 1.29 is 0 Å². The smallest absolute Gasteiger partial charge is 0.161 e. The van der Waals surface area contributed by atoms with E-state index in [1.165, 1.54) is 60.8 Å². The minimum absolute atomic E-state index is 0.596. The summed E-state index contributed by atoms with van der Waals surface area (Å²) in [4.78, 5) is 10.7. The van der Waals surface area contributed by atoms with Gasteiger partial charge >= 0.3 is 0 Å². The Morgan fingerprint density at radius 1 is 0.270 bits per heavy atom. The molecule has 2 heteroatoms. The van der Waals surface area contributed by atoms with Gasteiger partial charge < -0.3 is 0 Å².